The molecule has 17 heavy (non-hydrogen) atoms. The average molecular weight is 234 g/mol. The highest BCUT2D eigenvalue weighted by Gasteiger charge is 2.27. The Morgan fingerprint density at radius 1 is 1.47 bits per heavy atom. The number of hydrogen-bond donors (Lipinski definition) is 2. The van der Waals surface area contributed by atoms with Gasteiger partial charge in [0.15, 0.2) is 0 Å². The first-order chi connectivity index (χ1) is 8.18. The summed E-state index contributed by atoms with van der Waals surface area (Å²) < 4.78 is 0. The molecular formula is C14H22N2O. The molecule has 0 spiro atoms. The van der Waals surface area contributed by atoms with Gasteiger partial charge in [-0.15, -0.1) is 0 Å². The Morgan fingerprint density at radius 3 is 2.94 bits per heavy atom. The maximum atomic E-state index is 10.3. The molecule has 1 aliphatic carbocycles. The first kappa shape index (κ1) is 12.5. The fraction of sp³-hybridized carbons (Fsp3) is 0.643. The molecule has 1 aliphatic rings. The summed E-state index contributed by atoms with van der Waals surface area (Å²) in [5.41, 5.74) is 1.95. The lowest BCUT2D eigenvalue weighted by atomic mass is 9.97. The predicted octanol–water partition coefficient (Wildman–Crippen LogP) is 2.21. The molecule has 2 rings (SSSR count). The van der Waals surface area contributed by atoms with Crippen molar-refractivity contribution in [1.82, 2.24) is 10.3 Å². The number of nitrogens with one attached hydrogen (secondary N) is 1. The van der Waals surface area contributed by atoms with Gasteiger partial charge in [0.25, 0.3) is 0 Å². The largest absolute Gasteiger partial charge is 0.389 e. The van der Waals surface area contributed by atoms with Gasteiger partial charge in [0.05, 0.1) is 17.3 Å². The SMILES string of the molecule is CCC(O)(CC)CNC1CCc2cccnc21. The van der Waals surface area contributed by atoms with E-state index in [1.165, 1.54) is 11.3 Å². The molecule has 1 aromatic heterocycles. The van der Waals surface area contributed by atoms with Gasteiger partial charge in [-0.25, -0.2) is 0 Å². The van der Waals surface area contributed by atoms with E-state index in [0.29, 0.717) is 12.6 Å². The Bertz CT molecular complexity index is 374. The van der Waals surface area contributed by atoms with Crippen molar-refractivity contribution in [2.24, 2.45) is 0 Å². The van der Waals surface area contributed by atoms with Gasteiger partial charge < -0.3 is 10.4 Å². The van der Waals surface area contributed by atoms with Crippen LogP contribution in [-0.4, -0.2) is 22.2 Å². The van der Waals surface area contributed by atoms with E-state index in [-0.39, 0.29) is 0 Å². The van der Waals surface area contributed by atoms with E-state index in [0.717, 1.165) is 25.7 Å². The molecule has 0 aliphatic heterocycles. The van der Waals surface area contributed by atoms with Crippen molar-refractivity contribution >= 4 is 0 Å². The maximum Gasteiger partial charge on any atom is 0.0766 e. The number of hydrogen-bond acceptors (Lipinski definition) is 3. The van der Waals surface area contributed by atoms with E-state index >= 15 is 0 Å². The molecular weight excluding hydrogens is 212 g/mol. The van der Waals surface area contributed by atoms with Crippen molar-refractivity contribution in [3.8, 4) is 0 Å². The Balaban J connectivity index is 1.98. The normalized spacial score (nSPS) is 19.4. The lowest BCUT2D eigenvalue weighted by Crippen LogP contribution is -2.40. The van der Waals surface area contributed by atoms with Crippen molar-refractivity contribution in [1.29, 1.82) is 0 Å². The van der Waals surface area contributed by atoms with Crippen LogP contribution in [0.2, 0.25) is 0 Å². The van der Waals surface area contributed by atoms with E-state index < -0.39 is 5.60 Å². The minimum Gasteiger partial charge on any atom is -0.389 e. The molecule has 0 aromatic carbocycles. The molecule has 0 saturated carbocycles. The fourth-order valence-corrected chi connectivity index (χ4v) is 2.42. The van der Waals surface area contributed by atoms with Crippen molar-refractivity contribution in [2.45, 2.75) is 51.2 Å². The monoisotopic (exact) mass is 234 g/mol. The van der Waals surface area contributed by atoms with Gasteiger partial charge in [0.2, 0.25) is 0 Å². The van der Waals surface area contributed by atoms with Crippen molar-refractivity contribution in [3.05, 3.63) is 29.6 Å². The van der Waals surface area contributed by atoms with E-state index in [1.54, 1.807) is 0 Å². The Hall–Kier alpha value is -0.930. The van der Waals surface area contributed by atoms with Crippen LogP contribution in [0.5, 0.6) is 0 Å². The van der Waals surface area contributed by atoms with Crippen LogP contribution in [0.4, 0.5) is 0 Å². The summed E-state index contributed by atoms with van der Waals surface area (Å²) in [6, 6.07) is 4.46. The molecule has 1 atom stereocenters. The van der Waals surface area contributed by atoms with Gasteiger partial charge in [-0.1, -0.05) is 19.9 Å². The lowest BCUT2D eigenvalue weighted by Gasteiger charge is -2.27. The molecule has 0 amide bonds. The number of nitrogens with zero attached hydrogens (tertiary/aromatic N) is 1. The number of fused-ring (bicyclic) bond motifs is 1. The minimum atomic E-state index is -0.572. The van der Waals surface area contributed by atoms with Gasteiger partial charge in [-0.2, -0.15) is 0 Å². The van der Waals surface area contributed by atoms with E-state index in [4.69, 9.17) is 0 Å². The first-order valence-corrected chi connectivity index (χ1v) is 6.58. The lowest BCUT2D eigenvalue weighted by molar-refractivity contribution is 0.0297. The van der Waals surface area contributed by atoms with E-state index in [1.807, 2.05) is 26.1 Å². The standard InChI is InChI=1S/C14H22N2O/c1-3-14(17,4-2)10-16-12-8-7-11-6-5-9-15-13(11)12/h5-6,9,12,16-17H,3-4,7-8,10H2,1-2H3. The highest BCUT2D eigenvalue weighted by atomic mass is 16.3. The summed E-state index contributed by atoms with van der Waals surface area (Å²) in [6.07, 6.45) is 5.62. The summed E-state index contributed by atoms with van der Waals surface area (Å²) in [5, 5.41) is 13.7. The fourth-order valence-electron chi connectivity index (χ4n) is 2.42. The van der Waals surface area contributed by atoms with Crippen LogP contribution in [0, 0.1) is 0 Å². The molecule has 0 fully saturated rings. The van der Waals surface area contributed by atoms with Crippen LogP contribution in [0.25, 0.3) is 0 Å². The van der Waals surface area contributed by atoms with Crippen molar-refractivity contribution in [2.75, 3.05) is 6.54 Å². The molecule has 94 valence electrons. The summed E-state index contributed by atoms with van der Waals surface area (Å²) in [5.74, 6) is 0. The third-order valence-corrected chi connectivity index (χ3v) is 3.95. The van der Waals surface area contributed by atoms with Crippen LogP contribution in [0.1, 0.15) is 50.4 Å². The minimum absolute atomic E-state index is 0.316. The number of aliphatic hydroxyl groups is 1. The predicted molar refractivity (Wildman–Crippen MR) is 68.8 cm³/mol. The molecule has 1 heterocycles. The number of aromatic nitrogens is 1. The molecule has 1 unspecified atom stereocenters. The molecule has 1 aromatic rings. The van der Waals surface area contributed by atoms with Crippen LogP contribution >= 0.6 is 0 Å². The quantitative estimate of drug-likeness (QED) is 0.821. The first-order valence-electron chi connectivity index (χ1n) is 6.58. The topological polar surface area (TPSA) is 45.1 Å². The van der Waals surface area contributed by atoms with Crippen LogP contribution in [-0.2, 0) is 6.42 Å². The van der Waals surface area contributed by atoms with Crippen LogP contribution in [0.15, 0.2) is 18.3 Å². The van der Waals surface area contributed by atoms with Gasteiger partial charge >= 0.3 is 0 Å². The second-order valence-electron chi connectivity index (χ2n) is 4.95. The van der Waals surface area contributed by atoms with Crippen molar-refractivity contribution < 1.29 is 5.11 Å². The smallest absolute Gasteiger partial charge is 0.0766 e. The maximum absolute atomic E-state index is 10.3. The molecule has 0 radical (unpaired) electrons. The molecule has 0 saturated heterocycles. The van der Waals surface area contributed by atoms with Gasteiger partial charge in [-0.05, 0) is 37.3 Å². The third-order valence-electron chi connectivity index (χ3n) is 3.95. The van der Waals surface area contributed by atoms with Crippen molar-refractivity contribution in [3.63, 3.8) is 0 Å². The van der Waals surface area contributed by atoms with E-state index in [9.17, 15) is 5.11 Å². The average Bonchev–Trinajstić information content (AvgIpc) is 2.79. The number of rotatable bonds is 5. The molecule has 3 nitrogen and oxygen atoms in total. The summed E-state index contributed by atoms with van der Waals surface area (Å²) in [4.78, 5) is 4.45. The number of pyridine rings is 1. The second-order valence-corrected chi connectivity index (χ2v) is 4.95. The molecule has 2 N–H and O–H groups in total. The summed E-state index contributed by atoms with van der Waals surface area (Å²) in [7, 11) is 0. The molecule has 3 heteroatoms. The van der Waals surface area contributed by atoms with Gasteiger partial charge in [0.1, 0.15) is 0 Å². The molecule has 0 bridgehead atoms. The number of aryl methyl sites for hydroxylation is 1. The summed E-state index contributed by atoms with van der Waals surface area (Å²) >= 11 is 0. The zero-order chi connectivity index (χ0) is 12.3. The highest BCUT2D eigenvalue weighted by molar-refractivity contribution is 5.27. The second kappa shape index (κ2) is 5.15. The van der Waals surface area contributed by atoms with Gasteiger partial charge in [0, 0.05) is 12.7 Å². The Morgan fingerprint density at radius 2 is 2.24 bits per heavy atom. The zero-order valence-electron chi connectivity index (χ0n) is 10.7. The van der Waals surface area contributed by atoms with Crippen LogP contribution in [0.3, 0.4) is 0 Å². The highest BCUT2D eigenvalue weighted by Crippen LogP contribution is 2.29. The zero-order valence-corrected chi connectivity index (χ0v) is 10.7. The third kappa shape index (κ3) is 2.67. The summed E-state index contributed by atoms with van der Waals surface area (Å²) in [6.45, 7) is 4.72. The van der Waals surface area contributed by atoms with Gasteiger partial charge in [-0.3, -0.25) is 4.98 Å². The Kier molecular flexibility index (Phi) is 3.79. The van der Waals surface area contributed by atoms with E-state index in [2.05, 4.69) is 16.4 Å². The Labute approximate surface area is 103 Å². The van der Waals surface area contributed by atoms with Crippen LogP contribution < -0.4 is 5.32 Å².